The molecule has 0 bridgehead atoms. The second-order valence-electron chi connectivity index (χ2n) is 5.09. The highest BCUT2D eigenvalue weighted by Gasteiger charge is 2.18. The molecule has 0 aliphatic carbocycles. The molecule has 0 radical (unpaired) electrons. The number of nitrogens with two attached hydrogens (primary N) is 1. The lowest BCUT2D eigenvalue weighted by molar-refractivity contribution is -0.144. The lowest BCUT2D eigenvalue weighted by Gasteiger charge is -2.10. The molecule has 0 fully saturated rings. The Morgan fingerprint density at radius 3 is 2.68 bits per heavy atom. The molecular formula is C17H18ClNO3. The van der Waals surface area contributed by atoms with E-state index in [9.17, 15) is 4.79 Å². The second-order valence-corrected chi connectivity index (χ2v) is 5.09. The highest BCUT2D eigenvalue weighted by atomic mass is 35.5. The van der Waals surface area contributed by atoms with Gasteiger partial charge >= 0.3 is 5.97 Å². The number of esters is 1. The Morgan fingerprint density at radius 1 is 1.18 bits per heavy atom. The van der Waals surface area contributed by atoms with Crippen LogP contribution >= 0.6 is 12.4 Å². The second kappa shape index (κ2) is 6.28. The number of nitrogen functional groups attached to an aromatic ring is 1. The van der Waals surface area contributed by atoms with Crippen molar-refractivity contribution in [1.82, 2.24) is 0 Å². The van der Waals surface area contributed by atoms with Gasteiger partial charge in [0, 0.05) is 16.5 Å². The first kappa shape index (κ1) is 16.2. The molecule has 0 amide bonds. The summed E-state index contributed by atoms with van der Waals surface area (Å²) in [5.41, 5.74) is 8.95. The molecule has 116 valence electrons. The molecule has 0 saturated carbocycles. The molecule has 2 aromatic carbocycles. The Bertz CT molecular complexity index is 825. The zero-order valence-electron chi connectivity index (χ0n) is 12.5. The van der Waals surface area contributed by atoms with Crippen LogP contribution in [0.4, 0.5) is 5.69 Å². The number of halogens is 1. The van der Waals surface area contributed by atoms with E-state index in [-0.39, 0.29) is 24.3 Å². The summed E-state index contributed by atoms with van der Waals surface area (Å²) < 4.78 is 10.9. The summed E-state index contributed by atoms with van der Waals surface area (Å²) in [6, 6.07) is 11.4. The Morgan fingerprint density at radius 2 is 1.95 bits per heavy atom. The number of hydrogen-bond acceptors (Lipinski definition) is 4. The lowest BCUT2D eigenvalue weighted by Crippen LogP contribution is -2.12. The van der Waals surface area contributed by atoms with Crippen molar-refractivity contribution in [1.29, 1.82) is 0 Å². The van der Waals surface area contributed by atoms with E-state index in [1.165, 1.54) is 0 Å². The van der Waals surface area contributed by atoms with E-state index < -0.39 is 0 Å². The van der Waals surface area contributed by atoms with Crippen molar-refractivity contribution in [2.45, 2.75) is 19.8 Å². The number of fused-ring (bicyclic) bond motifs is 3. The van der Waals surface area contributed by atoms with Crippen molar-refractivity contribution < 1.29 is 13.9 Å². The van der Waals surface area contributed by atoms with Crippen molar-refractivity contribution in [2.24, 2.45) is 0 Å². The van der Waals surface area contributed by atoms with Crippen LogP contribution in [0.1, 0.15) is 25.3 Å². The van der Waals surface area contributed by atoms with Gasteiger partial charge in [-0.15, -0.1) is 12.4 Å². The number of ether oxygens (including phenoxy) is 1. The van der Waals surface area contributed by atoms with Crippen LogP contribution in [-0.4, -0.2) is 12.6 Å². The van der Waals surface area contributed by atoms with Crippen LogP contribution in [0.25, 0.3) is 21.9 Å². The largest absolute Gasteiger partial charge is 0.466 e. The van der Waals surface area contributed by atoms with E-state index >= 15 is 0 Å². The van der Waals surface area contributed by atoms with Gasteiger partial charge in [-0.25, -0.2) is 0 Å². The zero-order valence-corrected chi connectivity index (χ0v) is 13.3. The number of carbonyl (C=O) groups is 1. The number of hydrogen-bond donors (Lipinski definition) is 1. The molecule has 2 N–H and O–H groups in total. The van der Waals surface area contributed by atoms with Crippen molar-refractivity contribution in [2.75, 3.05) is 12.3 Å². The monoisotopic (exact) mass is 319 g/mol. The molecule has 1 unspecified atom stereocenters. The van der Waals surface area contributed by atoms with Gasteiger partial charge in [0.1, 0.15) is 11.2 Å². The minimum absolute atomic E-state index is 0. The van der Waals surface area contributed by atoms with Gasteiger partial charge in [0.2, 0.25) is 0 Å². The summed E-state index contributed by atoms with van der Waals surface area (Å²) in [6.07, 6.45) is 0. The third-order valence-corrected chi connectivity index (χ3v) is 3.66. The predicted octanol–water partition coefficient (Wildman–Crippen LogP) is 4.26. The number of furan rings is 1. The normalized spacial score (nSPS) is 12.1. The van der Waals surface area contributed by atoms with E-state index in [4.69, 9.17) is 14.9 Å². The van der Waals surface area contributed by atoms with Gasteiger partial charge in [0.05, 0.1) is 12.5 Å². The molecular weight excluding hydrogens is 302 g/mol. The van der Waals surface area contributed by atoms with Gasteiger partial charge in [-0.3, -0.25) is 4.79 Å². The molecule has 1 atom stereocenters. The summed E-state index contributed by atoms with van der Waals surface area (Å²) in [6.45, 7) is 4.02. The van der Waals surface area contributed by atoms with Gasteiger partial charge < -0.3 is 14.9 Å². The first-order valence-electron chi connectivity index (χ1n) is 6.98. The molecule has 1 aromatic heterocycles. The first-order chi connectivity index (χ1) is 10.1. The van der Waals surface area contributed by atoms with Crippen LogP contribution < -0.4 is 5.73 Å². The molecule has 0 aliphatic heterocycles. The summed E-state index contributed by atoms with van der Waals surface area (Å²) in [5.74, 6) is -0.537. The fourth-order valence-electron chi connectivity index (χ4n) is 2.48. The van der Waals surface area contributed by atoms with Crippen LogP contribution in [0.15, 0.2) is 40.8 Å². The van der Waals surface area contributed by atoms with Crippen LogP contribution in [0.5, 0.6) is 0 Å². The molecule has 0 spiro atoms. The number of carbonyl (C=O) groups excluding carboxylic acids is 1. The standard InChI is InChI=1S/C17H17NO3.ClH/c1-3-20-17(19)10(2)11-4-6-13-14-9-12(18)5-7-15(14)21-16(13)8-11;/h4-10H,3,18H2,1-2H3;1H. The summed E-state index contributed by atoms with van der Waals surface area (Å²) in [5, 5.41) is 1.98. The van der Waals surface area contributed by atoms with Crippen LogP contribution in [0.2, 0.25) is 0 Å². The SMILES string of the molecule is CCOC(=O)C(C)c1ccc2c(c1)oc1ccc(N)cc12.Cl. The molecule has 0 saturated heterocycles. The van der Waals surface area contributed by atoms with Gasteiger partial charge in [0.25, 0.3) is 0 Å². The highest BCUT2D eigenvalue weighted by Crippen LogP contribution is 2.32. The molecule has 3 aromatic rings. The maximum atomic E-state index is 11.8. The zero-order chi connectivity index (χ0) is 15.0. The Labute approximate surface area is 134 Å². The number of anilines is 1. The maximum Gasteiger partial charge on any atom is 0.313 e. The van der Waals surface area contributed by atoms with E-state index in [0.717, 1.165) is 27.5 Å². The van der Waals surface area contributed by atoms with E-state index in [0.29, 0.717) is 12.3 Å². The minimum Gasteiger partial charge on any atom is -0.466 e. The van der Waals surface area contributed by atoms with Crippen molar-refractivity contribution in [3.63, 3.8) is 0 Å². The molecule has 0 aliphatic rings. The fourth-order valence-corrected chi connectivity index (χ4v) is 2.48. The smallest absolute Gasteiger partial charge is 0.313 e. The Balaban J connectivity index is 0.00000176. The van der Waals surface area contributed by atoms with Crippen molar-refractivity contribution >= 4 is 46.0 Å². The van der Waals surface area contributed by atoms with Gasteiger partial charge in [0.15, 0.2) is 0 Å². The van der Waals surface area contributed by atoms with E-state index in [2.05, 4.69) is 0 Å². The van der Waals surface area contributed by atoms with Gasteiger partial charge in [-0.1, -0.05) is 12.1 Å². The maximum absolute atomic E-state index is 11.8. The predicted molar refractivity (Wildman–Crippen MR) is 90.4 cm³/mol. The van der Waals surface area contributed by atoms with E-state index in [1.54, 1.807) is 6.92 Å². The van der Waals surface area contributed by atoms with Crippen LogP contribution in [0, 0.1) is 0 Å². The van der Waals surface area contributed by atoms with Gasteiger partial charge in [-0.05, 0) is 43.7 Å². The molecule has 22 heavy (non-hydrogen) atoms. The fraction of sp³-hybridized carbons (Fsp3) is 0.235. The van der Waals surface area contributed by atoms with E-state index in [1.807, 2.05) is 43.3 Å². The van der Waals surface area contributed by atoms with Crippen LogP contribution in [0.3, 0.4) is 0 Å². The average molecular weight is 320 g/mol. The summed E-state index contributed by atoms with van der Waals surface area (Å²) >= 11 is 0. The van der Waals surface area contributed by atoms with Crippen LogP contribution in [-0.2, 0) is 9.53 Å². The topological polar surface area (TPSA) is 65.5 Å². The minimum atomic E-state index is -0.312. The Hall–Kier alpha value is -2.20. The lowest BCUT2D eigenvalue weighted by atomic mass is 10.00. The molecule has 5 heteroatoms. The highest BCUT2D eigenvalue weighted by molar-refractivity contribution is 6.06. The van der Waals surface area contributed by atoms with Crippen molar-refractivity contribution in [3.05, 3.63) is 42.0 Å². The Kier molecular flexibility index (Phi) is 4.62. The summed E-state index contributed by atoms with van der Waals surface area (Å²) in [7, 11) is 0. The average Bonchev–Trinajstić information content (AvgIpc) is 2.83. The third-order valence-electron chi connectivity index (χ3n) is 3.66. The number of benzene rings is 2. The molecule has 1 heterocycles. The quantitative estimate of drug-likeness (QED) is 0.578. The summed E-state index contributed by atoms with van der Waals surface area (Å²) in [4.78, 5) is 11.8. The van der Waals surface area contributed by atoms with Gasteiger partial charge in [-0.2, -0.15) is 0 Å². The third kappa shape index (κ3) is 2.74. The van der Waals surface area contributed by atoms with Crippen molar-refractivity contribution in [3.8, 4) is 0 Å². The first-order valence-corrected chi connectivity index (χ1v) is 6.98. The molecule has 3 rings (SSSR count). The number of rotatable bonds is 3. The molecule has 4 nitrogen and oxygen atoms in total.